The lowest BCUT2D eigenvalue weighted by Gasteiger charge is -2.48. The first-order chi connectivity index (χ1) is 10.8. The Morgan fingerprint density at radius 1 is 1.09 bits per heavy atom. The molecule has 1 aliphatic carbocycles. The first-order valence-corrected chi connectivity index (χ1v) is 8.96. The summed E-state index contributed by atoms with van der Waals surface area (Å²) in [5.41, 5.74) is 0.171. The largest absolute Gasteiger partial charge is 0.381 e. The lowest BCUT2D eigenvalue weighted by molar-refractivity contribution is -0.123. The third-order valence-electron chi connectivity index (χ3n) is 5.58. The molecule has 5 nitrogen and oxygen atoms in total. The van der Waals surface area contributed by atoms with Gasteiger partial charge in [-0.25, -0.2) is 0 Å². The molecule has 1 N–H and O–H groups in total. The summed E-state index contributed by atoms with van der Waals surface area (Å²) in [5, 5.41) is 3.24. The molecular weight excluding hydrogens is 280 g/mol. The highest BCUT2D eigenvalue weighted by Crippen LogP contribution is 2.34. The van der Waals surface area contributed by atoms with Gasteiger partial charge in [0.15, 0.2) is 0 Å². The third-order valence-corrected chi connectivity index (χ3v) is 5.58. The van der Waals surface area contributed by atoms with Gasteiger partial charge in [-0.1, -0.05) is 19.3 Å². The summed E-state index contributed by atoms with van der Waals surface area (Å²) in [4.78, 5) is 14.8. The molecule has 0 spiro atoms. The first kappa shape index (κ1) is 16.2. The monoisotopic (exact) mass is 310 g/mol. The van der Waals surface area contributed by atoms with Crippen molar-refractivity contribution >= 4 is 5.91 Å². The maximum Gasteiger partial charge on any atom is 0.220 e. The Bertz CT molecular complexity index is 357. The van der Waals surface area contributed by atoms with Crippen LogP contribution in [0.1, 0.15) is 44.9 Å². The second-order valence-corrected chi connectivity index (χ2v) is 7.09. The molecule has 2 heterocycles. The van der Waals surface area contributed by atoms with Crippen LogP contribution in [-0.4, -0.2) is 62.4 Å². The van der Waals surface area contributed by atoms with Crippen molar-refractivity contribution in [1.82, 2.24) is 10.2 Å². The molecule has 0 aromatic carbocycles. The van der Waals surface area contributed by atoms with Crippen LogP contribution in [0.3, 0.4) is 0 Å². The molecule has 3 aliphatic rings. The van der Waals surface area contributed by atoms with E-state index in [-0.39, 0.29) is 11.4 Å². The minimum atomic E-state index is 0.171. The third kappa shape index (κ3) is 4.00. The molecule has 3 rings (SSSR count). The molecule has 2 saturated heterocycles. The predicted molar refractivity (Wildman–Crippen MR) is 84.8 cm³/mol. The summed E-state index contributed by atoms with van der Waals surface area (Å²) in [6, 6.07) is 0. The highest BCUT2D eigenvalue weighted by Gasteiger charge is 2.38. The second kappa shape index (κ2) is 7.75. The van der Waals surface area contributed by atoms with Crippen LogP contribution in [0, 0.1) is 5.92 Å². The number of morpholine rings is 1. The zero-order valence-electron chi connectivity index (χ0n) is 13.6. The molecule has 0 radical (unpaired) electrons. The molecule has 0 aromatic heterocycles. The normalized spacial score (nSPS) is 29.4. The van der Waals surface area contributed by atoms with Crippen LogP contribution in [0.4, 0.5) is 0 Å². The fourth-order valence-corrected chi connectivity index (χ4v) is 4.19. The zero-order valence-corrected chi connectivity index (χ0v) is 13.6. The Hall–Kier alpha value is -0.650. The van der Waals surface area contributed by atoms with Crippen LogP contribution in [0.25, 0.3) is 0 Å². The molecule has 22 heavy (non-hydrogen) atoms. The minimum Gasteiger partial charge on any atom is -0.381 e. The molecule has 5 heteroatoms. The number of ether oxygens (including phenoxy) is 2. The van der Waals surface area contributed by atoms with E-state index in [0.717, 1.165) is 52.5 Å². The van der Waals surface area contributed by atoms with E-state index in [1.807, 2.05) is 0 Å². The predicted octanol–water partition coefficient (Wildman–Crippen LogP) is 1.56. The Kier molecular flexibility index (Phi) is 5.71. The Labute approximate surface area is 133 Å². The van der Waals surface area contributed by atoms with Gasteiger partial charge in [-0.15, -0.1) is 0 Å². The number of carbonyl (C=O) groups is 1. The van der Waals surface area contributed by atoms with Gasteiger partial charge in [0.05, 0.1) is 13.2 Å². The molecule has 0 bridgehead atoms. The smallest absolute Gasteiger partial charge is 0.220 e. The molecule has 1 saturated carbocycles. The van der Waals surface area contributed by atoms with E-state index in [4.69, 9.17) is 9.47 Å². The fourth-order valence-electron chi connectivity index (χ4n) is 4.19. The number of amides is 1. The molecule has 1 unspecified atom stereocenters. The average molecular weight is 310 g/mol. The van der Waals surface area contributed by atoms with E-state index in [0.29, 0.717) is 12.3 Å². The first-order valence-electron chi connectivity index (χ1n) is 8.96. The standard InChI is InChI=1S/C17H30N2O3/c20-16(12-15-4-9-22-13-15)18-14-17(5-2-1-3-6-17)19-7-10-21-11-8-19/h15H,1-14H2,(H,18,20). The van der Waals surface area contributed by atoms with Crippen molar-refractivity contribution < 1.29 is 14.3 Å². The summed E-state index contributed by atoms with van der Waals surface area (Å²) in [6.45, 7) is 6.04. The molecule has 1 amide bonds. The summed E-state index contributed by atoms with van der Waals surface area (Å²) in [6.07, 6.45) is 7.97. The van der Waals surface area contributed by atoms with Crippen molar-refractivity contribution in [3.05, 3.63) is 0 Å². The molecule has 3 fully saturated rings. The van der Waals surface area contributed by atoms with Gasteiger partial charge < -0.3 is 14.8 Å². The Morgan fingerprint density at radius 3 is 2.55 bits per heavy atom. The zero-order chi connectivity index (χ0) is 15.3. The van der Waals surface area contributed by atoms with Crippen molar-refractivity contribution in [3.8, 4) is 0 Å². The van der Waals surface area contributed by atoms with E-state index in [1.165, 1.54) is 32.1 Å². The lowest BCUT2D eigenvalue weighted by Crippen LogP contribution is -2.59. The number of hydrogen-bond acceptors (Lipinski definition) is 4. The van der Waals surface area contributed by atoms with Gasteiger partial charge in [0.2, 0.25) is 5.91 Å². The highest BCUT2D eigenvalue weighted by molar-refractivity contribution is 5.76. The molecular formula is C17H30N2O3. The maximum atomic E-state index is 12.3. The number of carbonyl (C=O) groups excluding carboxylic acids is 1. The number of rotatable bonds is 5. The van der Waals surface area contributed by atoms with Gasteiger partial charge in [-0.2, -0.15) is 0 Å². The van der Waals surface area contributed by atoms with Crippen LogP contribution < -0.4 is 5.32 Å². The van der Waals surface area contributed by atoms with Crippen molar-refractivity contribution in [2.75, 3.05) is 46.1 Å². The van der Waals surface area contributed by atoms with Crippen LogP contribution >= 0.6 is 0 Å². The summed E-state index contributed by atoms with van der Waals surface area (Å²) in [5.74, 6) is 0.624. The van der Waals surface area contributed by atoms with Gasteiger partial charge in [0.1, 0.15) is 0 Å². The average Bonchev–Trinajstić information content (AvgIpc) is 3.08. The van der Waals surface area contributed by atoms with Crippen molar-refractivity contribution in [3.63, 3.8) is 0 Å². The lowest BCUT2D eigenvalue weighted by atomic mass is 9.79. The van der Waals surface area contributed by atoms with Crippen molar-refractivity contribution in [1.29, 1.82) is 0 Å². The molecule has 2 aliphatic heterocycles. The van der Waals surface area contributed by atoms with Gasteiger partial charge in [0.25, 0.3) is 0 Å². The van der Waals surface area contributed by atoms with Crippen LogP contribution in [0.2, 0.25) is 0 Å². The molecule has 126 valence electrons. The summed E-state index contributed by atoms with van der Waals surface area (Å²) in [7, 11) is 0. The van der Waals surface area contributed by atoms with Crippen LogP contribution in [0.15, 0.2) is 0 Å². The van der Waals surface area contributed by atoms with E-state index >= 15 is 0 Å². The van der Waals surface area contributed by atoms with E-state index in [9.17, 15) is 4.79 Å². The van der Waals surface area contributed by atoms with Crippen LogP contribution in [0.5, 0.6) is 0 Å². The number of nitrogens with one attached hydrogen (secondary N) is 1. The SMILES string of the molecule is O=C(CC1CCOC1)NCC1(N2CCOCC2)CCCCC1. The van der Waals surface area contributed by atoms with Gasteiger partial charge in [-0.3, -0.25) is 9.69 Å². The van der Waals surface area contributed by atoms with E-state index in [2.05, 4.69) is 10.2 Å². The van der Waals surface area contributed by atoms with E-state index in [1.54, 1.807) is 0 Å². The van der Waals surface area contributed by atoms with Gasteiger partial charge in [-0.05, 0) is 25.2 Å². The summed E-state index contributed by atoms with van der Waals surface area (Å²) < 4.78 is 10.9. The number of hydrogen-bond donors (Lipinski definition) is 1. The summed E-state index contributed by atoms with van der Waals surface area (Å²) >= 11 is 0. The van der Waals surface area contributed by atoms with Crippen molar-refractivity contribution in [2.45, 2.75) is 50.5 Å². The van der Waals surface area contributed by atoms with Crippen molar-refractivity contribution in [2.24, 2.45) is 5.92 Å². The Morgan fingerprint density at radius 2 is 1.86 bits per heavy atom. The number of nitrogens with zero attached hydrogens (tertiary/aromatic N) is 1. The highest BCUT2D eigenvalue weighted by atomic mass is 16.5. The maximum absolute atomic E-state index is 12.3. The Balaban J connectivity index is 1.53. The molecule has 1 atom stereocenters. The van der Waals surface area contributed by atoms with Gasteiger partial charge in [0, 0.05) is 44.8 Å². The quantitative estimate of drug-likeness (QED) is 0.837. The second-order valence-electron chi connectivity index (χ2n) is 7.09. The topological polar surface area (TPSA) is 50.8 Å². The van der Waals surface area contributed by atoms with E-state index < -0.39 is 0 Å². The molecule has 0 aromatic rings. The fraction of sp³-hybridized carbons (Fsp3) is 0.941. The minimum absolute atomic E-state index is 0.171. The van der Waals surface area contributed by atoms with Crippen LogP contribution in [-0.2, 0) is 14.3 Å². The van der Waals surface area contributed by atoms with Gasteiger partial charge >= 0.3 is 0 Å².